The van der Waals surface area contributed by atoms with Crippen LogP contribution in [0.25, 0.3) is 0 Å². The molecule has 5 N–H and O–H groups in total. The van der Waals surface area contributed by atoms with Crippen molar-refractivity contribution in [2.24, 2.45) is 5.73 Å². The second-order valence-corrected chi connectivity index (χ2v) is 4.38. The highest BCUT2D eigenvalue weighted by atomic mass is 16.1. The normalized spacial score (nSPS) is 11.2. The van der Waals surface area contributed by atoms with Gasteiger partial charge in [-0.25, -0.2) is 9.97 Å². The van der Waals surface area contributed by atoms with Crippen molar-refractivity contribution in [3.8, 4) is 0 Å². The van der Waals surface area contributed by atoms with Crippen molar-refractivity contribution in [1.82, 2.24) is 9.97 Å². The summed E-state index contributed by atoms with van der Waals surface area (Å²) in [6.07, 6.45) is 1.60. The maximum Gasteiger partial charge on any atom is 0.219 e. The Hall–Kier alpha value is -1.85. The number of nitrogen functional groups attached to an aromatic ring is 1. The number of carbonyl (C=O) groups excluding carboxylic acids is 1. The molecule has 0 fully saturated rings. The molecular weight excluding hydrogens is 206 g/mol. The second-order valence-electron chi connectivity index (χ2n) is 4.38. The van der Waals surface area contributed by atoms with Crippen LogP contribution in [0.5, 0.6) is 0 Å². The van der Waals surface area contributed by atoms with E-state index in [-0.39, 0.29) is 12.3 Å². The zero-order valence-electron chi connectivity index (χ0n) is 9.74. The van der Waals surface area contributed by atoms with Gasteiger partial charge in [0.25, 0.3) is 0 Å². The highest BCUT2D eigenvalue weighted by Crippen LogP contribution is 2.21. The molecule has 0 saturated heterocycles. The van der Waals surface area contributed by atoms with Crippen molar-refractivity contribution in [3.63, 3.8) is 0 Å². The Morgan fingerprint density at radius 3 is 2.69 bits per heavy atom. The molecule has 88 valence electrons. The summed E-state index contributed by atoms with van der Waals surface area (Å²) >= 11 is 0. The van der Waals surface area contributed by atoms with Crippen LogP contribution in [0.2, 0.25) is 0 Å². The summed E-state index contributed by atoms with van der Waals surface area (Å²) in [5.74, 6) is 0.684. The van der Waals surface area contributed by atoms with Crippen LogP contribution in [0.1, 0.15) is 25.8 Å². The topological polar surface area (TPSA) is 107 Å². The zero-order valence-corrected chi connectivity index (χ0v) is 9.74. The molecule has 0 aliphatic carbocycles. The van der Waals surface area contributed by atoms with E-state index < -0.39 is 5.54 Å². The number of primary amides is 1. The van der Waals surface area contributed by atoms with Crippen LogP contribution in [0.4, 0.5) is 11.6 Å². The van der Waals surface area contributed by atoms with Crippen LogP contribution in [0.3, 0.4) is 0 Å². The molecule has 0 radical (unpaired) electrons. The summed E-state index contributed by atoms with van der Waals surface area (Å²) in [6.45, 7) is 5.56. The smallest absolute Gasteiger partial charge is 0.219 e. The number of nitrogens with one attached hydrogen (secondary N) is 1. The van der Waals surface area contributed by atoms with Gasteiger partial charge in [-0.15, -0.1) is 0 Å². The van der Waals surface area contributed by atoms with E-state index in [2.05, 4.69) is 15.3 Å². The Morgan fingerprint density at radius 1 is 1.50 bits per heavy atom. The predicted molar refractivity (Wildman–Crippen MR) is 62.7 cm³/mol. The molecule has 0 aromatic carbocycles. The van der Waals surface area contributed by atoms with Gasteiger partial charge < -0.3 is 16.8 Å². The Bertz CT molecular complexity index is 402. The molecule has 0 aliphatic heterocycles. The standard InChI is InChI=1S/C10H17N5O/c1-6-8(12)13-5-14-9(6)15-10(2,3)4-7(11)16/h5H,4H2,1-3H3,(H2,11,16)(H3,12,13,14,15). The van der Waals surface area contributed by atoms with Gasteiger partial charge >= 0.3 is 0 Å². The predicted octanol–water partition coefficient (Wildman–Crippen LogP) is 0.433. The molecule has 0 saturated carbocycles. The van der Waals surface area contributed by atoms with Gasteiger partial charge in [-0.3, -0.25) is 4.79 Å². The lowest BCUT2D eigenvalue weighted by Gasteiger charge is -2.26. The number of nitrogens with zero attached hydrogens (tertiary/aromatic N) is 2. The van der Waals surface area contributed by atoms with Crippen molar-refractivity contribution < 1.29 is 4.79 Å². The SMILES string of the molecule is Cc1c(N)ncnc1NC(C)(C)CC(N)=O. The molecule has 6 heteroatoms. The Morgan fingerprint density at radius 2 is 2.12 bits per heavy atom. The average molecular weight is 223 g/mol. The maximum atomic E-state index is 10.9. The number of carbonyl (C=O) groups is 1. The quantitative estimate of drug-likeness (QED) is 0.686. The first-order chi connectivity index (χ1) is 7.32. The summed E-state index contributed by atoms with van der Waals surface area (Å²) < 4.78 is 0. The molecule has 0 atom stereocenters. The van der Waals surface area contributed by atoms with Gasteiger partial charge in [0.05, 0.1) is 0 Å². The molecule has 0 unspecified atom stereocenters. The molecule has 0 aliphatic rings. The van der Waals surface area contributed by atoms with Gasteiger partial charge in [0, 0.05) is 17.5 Å². The molecule has 0 spiro atoms. The zero-order chi connectivity index (χ0) is 12.3. The third-order valence-corrected chi connectivity index (χ3v) is 2.20. The number of hydrogen-bond donors (Lipinski definition) is 3. The highest BCUT2D eigenvalue weighted by molar-refractivity contribution is 5.75. The van der Waals surface area contributed by atoms with Gasteiger partial charge in [0.1, 0.15) is 18.0 Å². The van der Waals surface area contributed by atoms with E-state index in [0.29, 0.717) is 11.6 Å². The molecule has 0 bridgehead atoms. The molecular formula is C10H17N5O. The summed E-state index contributed by atoms with van der Waals surface area (Å²) in [6, 6.07) is 0. The first-order valence-electron chi connectivity index (χ1n) is 4.95. The fourth-order valence-corrected chi connectivity index (χ4v) is 1.39. The van der Waals surface area contributed by atoms with E-state index in [1.165, 1.54) is 6.33 Å². The van der Waals surface area contributed by atoms with Gasteiger partial charge in [0.15, 0.2) is 0 Å². The van der Waals surface area contributed by atoms with E-state index >= 15 is 0 Å². The Balaban J connectivity index is 2.87. The summed E-state index contributed by atoms with van der Waals surface area (Å²) in [5.41, 5.74) is 11.1. The minimum Gasteiger partial charge on any atom is -0.383 e. The van der Waals surface area contributed by atoms with E-state index in [1.807, 2.05) is 20.8 Å². The fourth-order valence-electron chi connectivity index (χ4n) is 1.39. The summed E-state index contributed by atoms with van der Waals surface area (Å²) in [7, 11) is 0. The van der Waals surface area contributed by atoms with E-state index in [4.69, 9.17) is 11.5 Å². The second kappa shape index (κ2) is 4.34. The minimum atomic E-state index is -0.461. The van der Waals surface area contributed by atoms with Crippen molar-refractivity contribution in [2.75, 3.05) is 11.1 Å². The first kappa shape index (κ1) is 12.2. The lowest BCUT2D eigenvalue weighted by molar-refractivity contribution is -0.118. The maximum absolute atomic E-state index is 10.9. The van der Waals surface area contributed by atoms with E-state index in [9.17, 15) is 4.79 Å². The van der Waals surface area contributed by atoms with Crippen molar-refractivity contribution in [3.05, 3.63) is 11.9 Å². The van der Waals surface area contributed by atoms with E-state index in [0.717, 1.165) is 5.56 Å². The molecule has 1 rings (SSSR count). The minimum absolute atomic E-state index is 0.219. The van der Waals surface area contributed by atoms with Crippen LogP contribution in [-0.2, 0) is 4.79 Å². The third-order valence-electron chi connectivity index (χ3n) is 2.20. The Labute approximate surface area is 94.5 Å². The summed E-state index contributed by atoms with van der Waals surface area (Å²) in [4.78, 5) is 18.8. The van der Waals surface area contributed by atoms with Crippen molar-refractivity contribution >= 4 is 17.5 Å². The van der Waals surface area contributed by atoms with Gasteiger partial charge in [-0.2, -0.15) is 0 Å². The fraction of sp³-hybridized carbons (Fsp3) is 0.500. The van der Waals surface area contributed by atoms with Crippen molar-refractivity contribution in [2.45, 2.75) is 32.7 Å². The van der Waals surface area contributed by atoms with Crippen LogP contribution < -0.4 is 16.8 Å². The monoisotopic (exact) mass is 223 g/mol. The lowest BCUT2D eigenvalue weighted by atomic mass is 10.00. The molecule has 1 aromatic heterocycles. The van der Waals surface area contributed by atoms with Gasteiger partial charge in [-0.05, 0) is 20.8 Å². The molecule has 6 nitrogen and oxygen atoms in total. The van der Waals surface area contributed by atoms with E-state index in [1.54, 1.807) is 0 Å². The molecule has 1 amide bonds. The highest BCUT2D eigenvalue weighted by Gasteiger charge is 2.21. The van der Waals surface area contributed by atoms with Crippen LogP contribution in [0.15, 0.2) is 6.33 Å². The van der Waals surface area contributed by atoms with Gasteiger partial charge in [0.2, 0.25) is 5.91 Å². The van der Waals surface area contributed by atoms with Crippen molar-refractivity contribution in [1.29, 1.82) is 0 Å². The van der Waals surface area contributed by atoms with Crippen LogP contribution >= 0.6 is 0 Å². The lowest BCUT2D eigenvalue weighted by Crippen LogP contribution is -2.36. The largest absolute Gasteiger partial charge is 0.383 e. The van der Waals surface area contributed by atoms with Crippen LogP contribution in [-0.4, -0.2) is 21.4 Å². The van der Waals surface area contributed by atoms with Gasteiger partial charge in [-0.1, -0.05) is 0 Å². The first-order valence-corrected chi connectivity index (χ1v) is 4.95. The number of nitrogens with two attached hydrogens (primary N) is 2. The molecule has 16 heavy (non-hydrogen) atoms. The number of amides is 1. The summed E-state index contributed by atoms with van der Waals surface area (Å²) in [5, 5.41) is 3.13. The third kappa shape index (κ3) is 3.08. The number of rotatable bonds is 4. The number of aromatic nitrogens is 2. The average Bonchev–Trinajstić information content (AvgIpc) is 2.10. The number of hydrogen-bond acceptors (Lipinski definition) is 5. The van der Waals surface area contributed by atoms with Crippen LogP contribution in [0, 0.1) is 6.92 Å². The molecule has 1 aromatic rings. The number of anilines is 2. The Kier molecular flexibility index (Phi) is 3.31. The molecule has 1 heterocycles.